The molecule has 0 aliphatic carbocycles. The number of carbonyl (C=O) groups excluding carboxylic acids is 1. The third kappa shape index (κ3) is 2.98. The van der Waals surface area contributed by atoms with Gasteiger partial charge < -0.3 is 15.0 Å². The van der Waals surface area contributed by atoms with Gasteiger partial charge in [-0.25, -0.2) is 9.42 Å². The smallest absolute Gasteiger partial charge is 0.339 e. The van der Waals surface area contributed by atoms with Crippen LogP contribution in [0.5, 0.6) is 0 Å². The Morgan fingerprint density at radius 1 is 1.21 bits per heavy atom. The van der Waals surface area contributed by atoms with Crippen LogP contribution in [0.15, 0.2) is 35.0 Å². The molecule has 1 N–H and O–H groups in total. The molecule has 1 aliphatic heterocycles. The Kier molecular flexibility index (Phi) is 4.52. The zero-order valence-corrected chi connectivity index (χ0v) is 15.0. The van der Waals surface area contributed by atoms with E-state index in [1.54, 1.807) is 30.3 Å². The van der Waals surface area contributed by atoms with E-state index in [2.05, 4.69) is 15.6 Å². The number of fused-ring (bicyclic) bond motifs is 1. The molecule has 1 aromatic heterocycles. The lowest BCUT2D eigenvalue weighted by molar-refractivity contribution is -0.382. The van der Waals surface area contributed by atoms with Gasteiger partial charge in [-0.2, -0.15) is 0 Å². The maximum Gasteiger partial charge on any atom is 0.339 e. The lowest BCUT2D eigenvalue weighted by Crippen LogP contribution is -2.19. The Morgan fingerprint density at radius 2 is 1.93 bits per heavy atom. The topological polar surface area (TPSA) is 124 Å². The fourth-order valence-electron chi connectivity index (χ4n) is 3.41. The van der Waals surface area contributed by atoms with Gasteiger partial charge in [-0.05, 0) is 41.4 Å². The van der Waals surface area contributed by atoms with E-state index in [1.807, 2.05) is 4.90 Å². The first kappa shape index (κ1) is 17.7. The molecule has 144 valence electrons. The summed E-state index contributed by atoms with van der Waals surface area (Å²) in [5.41, 5.74) is 1.87. The van der Waals surface area contributed by atoms with Crippen molar-refractivity contribution in [1.29, 1.82) is 0 Å². The number of anilines is 3. The van der Waals surface area contributed by atoms with Crippen molar-refractivity contribution >= 4 is 39.8 Å². The molecule has 0 atom stereocenters. The molecule has 1 saturated heterocycles. The van der Waals surface area contributed by atoms with Gasteiger partial charge in [0.2, 0.25) is 5.52 Å². The maximum absolute atomic E-state index is 12.1. The van der Waals surface area contributed by atoms with Gasteiger partial charge in [0, 0.05) is 13.1 Å². The molecule has 0 unspecified atom stereocenters. The molecule has 2 heterocycles. The minimum absolute atomic E-state index is 0.0625. The highest BCUT2D eigenvalue weighted by Crippen LogP contribution is 2.41. The van der Waals surface area contributed by atoms with Gasteiger partial charge in [0.05, 0.1) is 29.0 Å². The summed E-state index contributed by atoms with van der Waals surface area (Å²) >= 11 is 0. The number of rotatable bonds is 5. The average molecular weight is 383 g/mol. The van der Waals surface area contributed by atoms with Gasteiger partial charge in [0.25, 0.3) is 0 Å². The van der Waals surface area contributed by atoms with Crippen LogP contribution in [0.25, 0.3) is 11.0 Å². The van der Waals surface area contributed by atoms with Crippen molar-refractivity contribution in [2.24, 2.45) is 0 Å². The second-order valence-electron chi connectivity index (χ2n) is 6.37. The first-order valence-electron chi connectivity index (χ1n) is 8.73. The third-order valence-electron chi connectivity index (χ3n) is 4.72. The molecule has 1 aliphatic rings. The molecular weight excluding hydrogens is 366 g/mol. The number of para-hydroxylation sites is 1. The van der Waals surface area contributed by atoms with Crippen molar-refractivity contribution in [3.05, 3.63) is 46.0 Å². The van der Waals surface area contributed by atoms with E-state index in [0.717, 1.165) is 25.9 Å². The van der Waals surface area contributed by atoms with Crippen molar-refractivity contribution in [2.45, 2.75) is 12.8 Å². The predicted molar refractivity (Wildman–Crippen MR) is 101 cm³/mol. The van der Waals surface area contributed by atoms with Crippen LogP contribution < -0.4 is 10.2 Å². The van der Waals surface area contributed by atoms with Crippen LogP contribution in [-0.4, -0.2) is 41.4 Å². The number of esters is 1. The summed E-state index contributed by atoms with van der Waals surface area (Å²) in [6.07, 6.45) is 1.92. The molecule has 0 spiro atoms. The van der Waals surface area contributed by atoms with E-state index in [1.165, 1.54) is 7.11 Å². The van der Waals surface area contributed by atoms with Gasteiger partial charge in [0.15, 0.2) is 5.52 Å². The van der Waals surface area contributed by atoms with Crippen LogP contribution >= 0.6 is 0 Å². The summed E-state index contributed by atoms with van der Waals surface area (Å²) in [4.78, 5) is 25.3. The Morgan fingerprint density at radius 3 is 2.64 bits per heavy atom. The molecule has 2 aromatic carbocycles. The van der Waals surface area contributed by atoms with Crippen LogP contribution in [0.2, 0.25) is 0 Å². The minimum atomic E-state index is -0.501. The molecule has 3 aromatic rings. The predicted octanol–water partition coefficient (Wildman–Crippen LogP) is 3.26. The van der Waals surface area contributed by atoms with Crippen molar-refractivity contribution in [2.75, 3.05) is 30.4 Å². The van der Waals surface area contributed by atoms with Crippen LogP contribution in [0.4, 0.5) is 22.7 Å². The molecule has 4 rings (SSSR count). The van der Waals surface area contributed by atoms with Crippen molar-refractivity contribution < 1.29 is 19.1 Å². The van der Waals surface area contributed by atoms with Gasteiger partial charge >= 0.3 is 11.7 Å². The standard InChI is InChI=1S/C18H17N5O5/c1-27-18(24)11-6-2-3-7-12(11)19-13-10-14(22-8-4-5-9-22)17(23(25)26)16-15(13)20-28-21-16/h2-3,6-7,10,19H,4-5,8-9H2,1H3. The normalized spacial score (nSPS) is 13.7. The first-order valence-corrected chi connectivity index (χ1v) is 8.73. The summed E-state index contributed by atoms with van der Waals surface area (Å²) in [7, 11) is 1.30. The van der Waals surface area contributed by atoms with Gasteiger partial charge in [0.1, 0.15) is 5.69 Å². The van der Waals surface area contributed by atoms with Crippen molar-refractivity contribution in [1.82, 2.24) is 10.3 Å². The number of nitrogens with one attached hydrogen (secondary N) is 1. The monoisotopic (exact) mass is 383 g/mol. The molecule has 0 saturated carbocycles. The van der Waals surface area contributed by atoms with Gasteiger partial charge in [-0.1, -0.05) is 12.1 Å². The van der Waals surface area contributed by atoms with Crippen LogP contribution in [-0.2, 0) is 4.74 Å². The Hall–Kier alpha value is -3.69. The molecule has 10 nitrogen and oxygen atoms in total. The highest BCUT2D eigenvalue weighted by Gasteiger charge is 2.30. The summed E-state index contributed by atoms with van der Waals surface area (Å²) in [6, 6.07) is 8.47. The van der Waals surface area contributed by atoms with E-state index >= 15 is 0 Å². The lowest BCUT2D eigenvalue weighted by atomic mass is 10.1. The second-order valence-corrected chi connectivity index (χ2v) is 6.37. The highest BCUT2D eigenvalue weighted by atomic mass is 16.6. The number of benzene rings is 2. The van der Waals surface area contributed by atoms with Gasteiger partial charge in [-0.15, -0.1) is 0 Å². The van der Waals surface area contributed by atoms with Crippen LogP contribution in [0, 0.1) is 10.1 Å². The van der Waals surface area contributed by atoms with E-state index in [9.17, 15) is 14.9 Å². The Labute approximate surface area is 159 Å². The van der Waals surface area contributed by atoms with E-state index in [-0.39, 0.29) is 16.7 Å². The maximum atomic E-state index is 12.1. The fourth-order valence-corrected chi connectivity index (χ4v) is 3.41. The molecule has 0 radical (unpaired) electrons. The Balaban J connectivity index is 1.87. The number of nitro benzene ring substituents is 1. The van der Waals surface area contributed by atoms with E-state index in [4.69, 9.17) is 9.37 Å². The van der Waals surface area contributed by atoms with Gasteiger partial charge in [-0.3, -0.25) is 10.1 Å². The number of nitro groups is 1. The third-order valence-corrected chi connectivity index (χ3v) is 4.72. The summed E-state index contributed by atoms with van der Waals surface area (Å²) in [5.74, 6) is -0.501. The molecule has 1 fully saturated rings. The number of methoxy groups -OCH3 is 1. The first-order chi connectivity index (χ1) is 13.6. The highest BCUT2D eigenvalue weighted by molar-refractivity contribution is 6.03. The molecular formula is C18H17N5O5. The summed E-state index contributed by atoms with van der Waals surface area (Å²) in [6.45, 7) is 1.44. The number of nitrogens with zero attached hydrogens (tertiary/aromatic N) is 4. The van der Waals surface area contributed by atoms with Crippen molar-refractivity contribution in [3.63, 3.8) is 0 Å². The summed E-state index contributed by atoms with van der Waals surface area (Å²) in [5, 5.41) is 22.5. The number of ether oxygens (including phenoxy) is 1. The average Bonchev–Trinajstić information content (AvgIpc) is 3.39. The Bertz CT molecular complexity index is 1060. The summed E-state index contributed by atoms with van der Waals surface area (Å²) < 4.78 is 9.62. The molecule has 28 heavy (non-hydrogen) atoms. The fraction of sp³-hybridized carbons (Fsp3) is 0.278. The lowest BCUT2D eigenvalue weighted by Gasteiger charge is -2.19. The van der Waals surface area contributed by atoms with E-state index in [0.29, 0.717) is 22.6 Å². The number of carbonyl (C=O) groups is 1. The zero-order valence-electron chi connectivity index (χ0n) is 15.0. The number of hydrogen-bond donors (Lipinski definition) is 1. The minimum Gasteiger partial charge on any atom is -0.465 e. The zero-order chi connectivity index (χ0) is 19.7. The second kappa shape index (κ2) is 7.14. The SMILES string of the molecule is COC(=O)c1ccccc1Nc1cc(N2CCCC2)c([N+](=O)[O-])c2nonc12. The molecule has 0 bridgehead atoms. The number of aromatic nitrogens is 2. The number of hydrogen-bond acceptors (Lipinski definition) is 9. The van der Waals surface area contributed by atoms with Crippen LogP contribution in [0.1, 0.15) is 23.2 Å². The quantitative estimate of drug-likeness (QED) is 0.401. The van der Waals surface area contributed by atoms with Crippen LogP contribution in [0.3, 0.4) is 0 Å². The molecule has 10 heteroatoms. The van der Waals surface area contributed by atoms with Crippen molar-refractivity contribution in [3.8, 4) is 0 Å². The van der Waals surface area contributed by atoms with E-state index < -0.39 is 10.9 Å². The molecule has 0 amide bonds. The largest absolute Gasteiger partial charge is 0.465 e.